The number of hydrogen-bond donors (Lipinski definition) is 1. The van der Waals surface area contributed by atoms with E-state index in [1.165, 1.54) is 38.5 Å². The first-order valence-electron chi connectivity index (χ1n) is 6.08. The van der Waals surface area contributed by atoms with E-state index in [0.717, 1.165) is 12.0 Å². The maximum absolute atomic E-state index is 3.46. The van der Waals surface area contributed by atoms with Crippen molar-refractivity contribution >= 4 is 11.3 Å². The Morgan fingerprint density at radius 1 is 1.40 bits per heavy atom. The second kappa shape index (κ2) is 5.66. The Kier molecular flexibility index (Phi) is 4.21. The molecule has 2 rings (SSSR count). The molecule has 1 saturated carbocycles. The lowest BCUT2D eigenvalue weighted by atomic mass is 9.94. The molecule has 0 radical (unpaired) electrons. The average molecular weight is 223 g/mol. The summed E-state index contributed by atoms with van der Waals surface area (Å²) in [5.41, 5.74) is 0. The molecule has 1 fully saturated rings. The largest absolute Gasteiger partial charge is 0.317 e. The molecule has 1 aliphatic rings. The molecule has 0 bridgehead atoms. The SMILES string of the molecule is CNC1CCCCC(Cc2cccs2)C1. The van der Waals surface area contributed by atoms with Gasteiger partial charge in [0.25, 0.3) is 0 Å². The Balaban J connectivity index is 1.90. The van der Waals surface area contributed by atoms with E-state index in [-0.39, 0.29) is 0 Å². The van der Waals surface area contributed by atoms with Gasteiger partial charge in [0.1, 0.15) is 0 Å². The van der Waals surface area contributed by atoms with Crippen LogP contribution in [0.3, 0.4) is 0 Å². The quantitative estimate of drug-likeness (QED) is 0.774. The molecule has 1 N–H and O–H groups in total. The van der Waals surface area contributed by atoms with Gasteiger partial charge in [0.05, 0.1) is 0 Å². The van der Waals surface area contributed by atoms with Crippen LogP contribution in [0.5, 0.6) is 0 Å². The monoisotopic (exact) mass is 223 g/mol. The van der Waals surface area contributed by atoms with Crippen molar-refractivity contribution in [3.8, 4) is 0 Å². The predicted octanol–water partition coefficient (Wildman–Crippen LogP) is 3.46. The van der Waals surface area contributed by atoms with Gasteiger partial charge in [-0.2, -0.15) is 0 Å². The third kappa shape index (κ3) is 3.32. The van der Waals surface area contributed by atoms with Gasteiger partial charge in [-0.3, -0.25) is 0 Å². The van der Waals surface area contributed by atoms with Gasteiger partial charge in [0, 0.05) is 10.9 Å². The molecule has 1 aromatic heterocycles. The van der Waals surface area contributed by atoms with Gasteiger partial charge in [-0.1, -0.05) is 25.3 Å². The van der Waals surface area contributed by atoms with Crippen LogP contribution in [0.25, 0.3) is 0 Å². The molecule has 1 heterocycles. The van der Waals surface area contributed by atoms with E-state index in [4.69, 9.17) is 0 Å². The van der Waals surface area contributed by atoms with E-state index in [2.05, 4.69) is 29.9 Å². The van der Waals surface area contributed by atoms with E-state index >= 15 is 0 Å². The molecule has 15 heavy (non-hydrogen) atoms. The number of rotatable bonds is 3. The molecule has 0 aliphatic heterocycles. The van der Waals surface area contributed by atoms with E-state index in [9.17, 15) is 0 Å². The number of thiophene rings is 1. The Hall–Kier alpha value is -0.340. The van der Waals surface area contributed by atoms with Gasteiger partial charge < -0.3 is 5.32 Å². The lowest BCUT2D eigenvalue weighted by Crippen LogP contribution is -2.26. The zero-order valence-electron chi connectivity index (χ0n) is 9.54. The third-order valence-corrected chi connectivity index (χ3v) is 4.41. The Bertz CT molecular complexity index is 268. The van der Waals surface area contributed by atoms with E-state index < -0.39 is 0 Å². The smallest absolute Gasteiger partial charge is 0.00668 e. The first kappa shape index (κ1) is 11.2. The average Bonchev–Trinajstić information content (AvgIpc) is 2.64. The summed E-state index contributed by atoms with van der Waals surface area (Å²) >= 11 is 1.91. The fourth-order valence-corrected chi connectivity index (χ4v) is 3.44. The van der Waals surface area contributed by atoms with Crippen LogP contribution in [-0.2, 0) is 6.42 Å². The Morgan fingerprint density at radius 2 is 2.27 bits per heavy atom. The molecule has 1 aromatic rings. The van der Waals surface area contributed by atoms with Gasteiger partial charge in [-0.15, -0.1) is 11.3 Å². The lowest BCUT2D eigenvalue weighted by Gasteiger charge is -2.18. The van der Waals surface area contributed by atoms with Crippen LogP contribution >= 0.6 is 11.3 Å². The lowest BCUT2D eigenvalue weighted by molar-refractivity contribution is 0.402. The van der Waals surface area contributed by atoms with Crippen molar-refractivity contribution in [3.63, 3.8) is 0 Å². The highest BCUT2D eigenvalue weighted by atomic mass is 32.1. The molecule has 84 valence electrons. The molecule has 1 nitrogen and oxygen atoms in total. The van der Waals surface area contributed by atoms with Crippen LogP contribution in [-0.4, -0.2) is 13.1 Å². The maximum atomic E-state index is 3.46. The van der Waals surface area contributed by atoms with Gasteiger partial charge in [-0.25, -0.2) is 0 Å². The molecular formula is C13H21NS. The normalized spacial score (nSPS) is 27.5. The van der Waals surface area contributed by atoms with Crippen LogP contribution in [0.1, 0.15) is 37.0 Å². The van der Waals surface area contributed by atoms with Crippen molar-refractivity contribution in [2.24, 2.45) is 5.92 Å². The molecule has 2 atom stereocenters. The molecule has 2 unspecified atom stereocenters. The highest BCUT2D eigenvalue weighted by Crippen LogP contribution is 2.27. The second-order valence-corrected chi connectivity index (χ2v) is 5.69. The van der Waals surface area contributed by atoms with Crippen LogP contribution in [0.2, 0.25) is 0 Å². The van der Waals surface area contributed by atoms with E-state index in [1.54, 1.807) is 4.88 Å². The highest BCUT2D eigenvalue weighted by Gasteiger charge is 2.19. The van der Waals surface area contributed by atoms with Crippen molar-refractivity contribution in [1.29, 1.82) is 0 Å². The van der Waals surface area contributed by atoms with Crippen molar-refractivity contribution in [2.45, 2.75) is 44.6 Å². The van der Waals surface area contributed by atoms with Crippen molar-refractivity contribution in [1.82, 2.24) is 5.32 Å². The Labute approximate surface area is 96.9 Å². The standard InChI is InChI=1S/C13H21NS/c1-14-12-6-3-2-5-11(9-12)10-13-7-4-8-15-13/h4,7-8,11-12,14H,2-3,5-6,9-10H2,1H3. The van der Waals surface area contributed by atoms with Crippen LogP contribution in [0, 0.1) is 5.92 Å². The van der Waals surface area contributed by atoms with Crippen LogP contribution < -0.4 is 5.32 Å². The third-order valence-electron chi connectivity index (χ3n) is 3.51. The summed E-state index contributed by atoms with van der Waals surface area (Å²) < 4.78 is 0. The van der Waals surface area contributed by atoms with Gasteiger partial charge in [-0.05, 0) is 43.7 Å². The summed E-state index contributed by atoms with van der Waals surface area (Å²) in [7, 11) is 2.11. The van der Waals surface area contributed by atoms with Gasteiger partial charge >= 0.3 is 0 Å². The summed E-state index contributed by atoms with van der Waals surface area (Å²) in [6.07, 6.45) is 8.30. The van der Waals surface area contributed by atoms with Crippen LogP contribution in [0.15, 0.2) is 17.5 Å². The van der Waals surface area contributed by atoms with E-state index in [0.29, 0.717) is 0 Å². The molecule has 0 aromatic carbocycles. The summed E-state index contributed by atoms with van der Waals surface area (Å²) in [6.45, 7) is 0. The first-order chi connectivity index (χ1) is 7.38. The zero-order chi connectivity index (χ0) is 10.5. The molecule has 2 heteroatoms. The Morgan fingerprint density at radius 3 is 3.00 bits per heavy atom. The number of hydrogen-bond acceptors (Lipinski definition) is 2. The highest BCUT2D eigenvalue weighted by molar-refractivity contribution is 7.09. The van der Waals surface area contributed by atoms with Crippen molar-refractivity contribution in [2.75, 3.05) is 7.05 Å². The van der Waals surface area contributed by atoms with E-state index in [1.807, 2.05) is 11.3 Å². The molecular weight excluding hydrogens is 202 g/mol. The topological polar surface area (TPSA) is 12.0 Å². The number of nitrogens with one attached hydrogen (secondary N) is 1. The minimum Gasteiger partial charge on any atom is -0.317 e. The first-order valence-corrected chi connectivity index (χ1v) is 6.96. The minimum absolute atomic E-state index is 0.762. The molecule has 1 aliphatic carbocycles. The van der Waals surface area contributed by atoms with Crippen molar-refractivity contribution < 1.29 is 0 Å². The predicted molar refractivity (Wildman–Crippen MR) is 67.4 cm³/mol. The summed E-state index contributed by atoms with van der Waals surface area (Å²) in [4.78, 5) is 1.57. The van der Waals surface area contributed by atoms with Gasteiger partial charge in [0.15, 0.2) is 0 Å². The fraction of sp³-hybridized carbons (Fsp3) is 0.692. The molecule has 0 spiro atoms. The summed E-state index contributed by atoms with van der Waals surface area (Å²) in [6, 6.07) is 5.22. The van der Waals surface area contributed by atoms with Crippen LogP contribution in [0.4, 0.5) is 0 Å². The van der Waals surface area contributed by atoms with Gasteiger partial charge in [0.2, 0.25) is 0 Å². The van der Waals surface area contributed by atoms with Crippen molar-refractivity contribution in [3.05, 3.63) is 22.4 Å². The second-order valence-electron chi connectivity index (χ2n) is 4.66. The molecule has 0 amide bonds. The zero-order valence-corrected chi connectivity index (χ0v) is 10.4. The fourth-order valence-electron chi connectivity index (χ4n) is 2.62. The maximum Gasteiger partial charge on any atom is 0.00668 e. The summed E-state index contributed by atoms with van der Waals surface area (Å²) in [5, 5.41) is 5.65. The minimum atomic E-state index is 0.762. The molecule has 0 saturated heterocycles. The summed E-state index contributed by atoms with van der Waals surface area (Å²) in [5.74, 6) is 0.906.